The third-order valence-corrected chi connectivity index (χ3v) is 3.69. The van der Waals surface area contributed by atoms with Crippen molar-refractivity contribution in [2.75, 3.05) is 7.05 Å². The van der Waals surface area contributed by atoms with Gasteiger partial charge in [0.2, 0.25) is 0 Å². The maximum Gasteiger partial charge on any atom is 0.150 e. The molecule has 0 saturated carbocycles. The van der Waals surface area contributed by atoms with Crippen LogP contribution in [-0.4, -0.2) is 7.05 Å². The first-order chi connectivity index (χ1) is 9.52. The van der Waals surface area contributed by atoms with Gasteiger partial charge in [-0.3, -0.25) is 0 Å². The minimum atomic E-state index is 0.635. The fourth-order valence-corrected chi connectivity index (χ4v) is 2.45. The molecule has 2 aromatic carbocycles. The second kappa shape index (κ2) is 6.29. The van der Waals surface area contributed by atoms with E-state index in [1.165, 1.54) is 11.1 Å². The molecule has 2 rings (SSSR count). The fourth-order valence-electron chi connectivity index (χ4n) is 2.21. The van der Waals surface area contributed by atoms with Gasteiger partial charge in [-0.05, 0) is 56.6 Å². The molecule has 0 aliphatic heterocycles. The highest BCUT2D eigenvalue weighted by Gasteiger charge is 2.12. The molecule has 0 bridgehead atoms. The molecule has 0 fully saturated rings. The van der Waals surface area contributed by atoms with Gasteiger partial charge in [0.1, 0.15) is 5.75 Å². The predicted molar refractivity (Wildman–Crippen MR) is 84.9 cm³/mol. The zero-order valence-corrected chi connectivity index (χ0v) is 13.1. The Morgan fingerprint density at radius 1 is 1.15 bits per heavy atom. The van der Waals surface area contributed by atoms with Gasteiger partial charge in [0.15, 0.2) is 5.75 Å². The Bertz CT molecular complexity index is 623. The van der Waals surface area contributed by atoms with Crippen LogP contribution in [0.1, 0.15) is 22.3 Å². The molecule has 3 heteroatoms. The number of ether oxygens (including phenoxy) is 1. The van der Waals surface area contributed by atoms with Crippen molar-refractivity contribution in [2.45, 2.75) is 27.3 Å². The molecule has 0 radical (unpaired) electrons. The smallest absolute Gasteiger partial charge is 0.150 e. The molecule has 0 saturated heterocycles. The molecule has 106 valence electrons. The molecule has 2 aromatic rings. The van der Waals surface area contributed by atoms with Crippen LogP contribution in [0.2, 0.25) is 5.02 Å². The number of aryl methyl sites for hydroxylation is 2. The Morgan fingerprint density at radius 3 is 2.60 bits per heavy atom. The summed E-state index contributed by atoms with van der Waals surface area (Å²) in [6.07, 6.45) is 0. The van der Waals surface area contributed by atoms with Crippen molar-refractivity contribution in [3.8, 4) is 11.5 Å². The fraction of sp³-hybridized carbons (Fsp3) is 0.294. The number of nitrogens with one attached hydrogen (secondary N) is 1. The summed E-state index contributed by atoms with van der Waals surface area (Å²) in [5, 5.41) is 3.77. The summed E-state index contributed by atoms with van der Waals surface area (Å²) < 4.78 is 6.11. The lowest BCUT2D eigenvalue weighted by Gasteiger charge is -2.16. The van der Waals surface area contributed by atoms with Crippen molar-refractivity contribution in [1.82, 2.24) is 5.32 Å². The van der Waals surface area contributed by atoms with E-state index in [0.717, 1.165) is 29.2 Å². The molecule has 0 amide bonds. The molecule has 0 aliphatic carbocycles. The van der Waals surface area contributed by atoms with Crippen molar-refractivity contribution in [3.05, 3.63) is 57.6 Å². The molecular formula is C17H20ClNO. The summed E-state index contributed by atoms with van der Waals surface area (Å²) in [5.74, 6) is 1.60. The van der Waals surface area contributed by atoms with Crippen molar-refractivity contribution in [1.29, 1.82) is 0 Å². The van der Waals surface area contributed by atoms with Crippen molar-refractivity contribution < 1.29 is 4.74 Å². The number of benzene rings is 2. The van der Waals surface area contributed by atoms with Crippen LogP contribution in [0, 0.1) is 20.8 Å². The predicted octanol–water partition coefficient (Wildman–Crippen LogP) is 4.78. The minimum Gasteiger partial charge on any atom is -0.455 e. The third kappa shape index (κ3) is 3.14. The van der Waals surface area contributed by atoms with Gasteiger partial charge >= 0.3 is 0 Å². The van der Waals surface area contributed by atoms with Crippen LogP contribution in [0.3, 0.4) is 0 Å². The lowest BCUT2D eigenvalue weighted by molar-refractivity contribution is 0.470. The molecule has 0 aromatic heterocycles. The molecule has 0 unspecified atom stereocenters. The average molecular weight is 290 g/mol. The Labute approximate surface area is 125 Å². The molecule has 0 heterocycles. The molecular weight excluding hydrogens is 270 g/mol. The molecule has 0 aliphatic rings. The number of hydrogen-bond acceptors (Lipinski definition) is 2. The number of halogens is 1. The van der Waals surface area contributed by atoms with E-state index in [0.29, 0.717) is 5.02 Å². The van der Waals surface area contributed by atoms with Crippen LogP contribution < -0.4 is 10.1 Å². The van der Waals surface area contributed by atoms with Crippen LogP contribution in [0.5, 0.6) is 11.5 Å². The quantitative estimate of drug-likeness (QED) is 0.875. The van der Waals surface area contributed by atoms with Crippen molar-refractivity contribution in [2.24, 2.45) is 0 Å². The summed E-state index contributed by atoms with van der Waals surface area (Å²) in [5.41, 5.74) is 4.61. The Kier molecular flexibility index (Phi) is 4.69. The van der Waals surface area contributed by atoms with Crippen LogP contribution >= 0.6 is 11.6 Å². The molecule has 0 spiro atoms. The highest BCUT2D eigenvalue weighted by Crippen LogP contribution is 2.35. The summed E-state index contributed by atoms with van der Waals surface area (Å²) in [7, 11) is 1.91. The van der Waals surface area contributed by atoms with Crippen LogP contribution in [0.15, 0.2) is 30.3 Å². The van der Waals surface area contributed by atoms with Gasteiger partial charge in [0, 0.05) is 12.1 Å². The highest BCUT2D eigenvalue weighted by atomic mass is 35.5. The average Bonchev–Trinajstić information content (AvgIpc) is 2.39. The minimum absolute atomic E-state index is 0.635. The van der Waals surface area contributed by atoms with E-state index >= 15 is 0 Å². The van der Waals surface area contributed by atoms with Gasteiger partial charge in [0.05, 0.1) is 5.02 Å². The Balaban J connectivity index is 2.44. The van der Waals surface area contributed by atoms with E-state index in [9.17, 15) is 0 Å². The number of hydrogen-bond donors (Lipinski definition) is 1. The summed E-state index contributed by atoms with van der Waals surface area (Å²) in [6, 6.07) is 10.0. The maximum absolute atomic E-state index is 6.29. The first-order valence-electron chi connectivity index (χ1n) is 6.70. The van der Waals surface area contributed by atoms with Gasteiger partial charge < -0.3 is 10.1 Å². The summed E-state index contributed by atoms with van der Waals surface area (Å²) >= 11 is 6.29. The number of rotatable bonds is 4. The van der Waals surface area contributed by atoms with Crippen LogP contribution in [0.25, 0.3) is 0 Å². The molecule has 1 N–H and O–H groups in total. The third-order valence-electron chi connectivity index (χ3n) is 3.39. The first-order valence-corrected chi connectivity index (χ1v) is 7.08. The lowest BCUT2D eigenvalue weighted by atomic mass is 10.1. The van der Waals surface area contributed by atoms with Crippen LogP contribution in [0.4, 0.5) is 0 Å². The van der Waals surface area contributed by atoms with Crippen LogP contribution in [-0.2, 0) is 6.54 Å². The van der Waals surface area contributed by atoms with Crippen molar-refractivity contribution in [3.63, 3.8) is 0 Å². The first kappa shape index (κ1) is 14.9. The second-order valence-corrected chi connectivity index (χ2v) is 5.47. The molecule has 2 nitrogen and oxygen atoms in total. The zero-order chi connectivity index (χ0) is 14.7. The number of para-hydroxylation sites is 1. The van der Waals surface area contributed by atoms with E-state index < -0.39 is 0 Å². The monoisotopic (exact) mass is 289 g/mol. The Morgan fingerprint density at radius 2 is 1.90 bits per heavy atom. The highest BCUT2D eigenvalue weighted by molar-refractivity contribution is 6.32. The van der Waals surface area contributed by atoms with E-state index in [2.05, 4.69) is 38.2 Å². The largest absolute Gasteiger partial charge is 0.455 e. The molecule has 20 heavy (non-hydrogen) atoms. The Hall–Kier alpha value is -1.51. The molecule has 0 atom stereocenters. The summed E-state index contributed by atoms with van der Waals surface area (Å²) in [4.78, 5) is 0. The SMILES string of the molecule is CNCc1cccc(Cl)c1Oc1cc(C)cc(C)c1C. The van der Waals surface area contributed by atoms with E-state index in [-0.39, 0.29) is 0 Å². The maximum atomic E-state index is 6.29. The summed E-state index contributed by atoms with van der Waals surface area (Å²) in [6.45, 7) is 6.95. The van der Waals surface area contributed by atoms with Gasteiger partial charge in [-0.25, -0.2) is 0 Å². The van der Waals surface area contributed by atoms with Crippen molar-refractivity contribution >= 4 is 11.6 Å². The normalized spacial score (nSPS) is 10.7. The van der Waals surface area contributed by atoms with E-state index in [4.69, 9.17) is 16.3 Å². The second-order valence-electron chi connectivity index (χ2n) is 5.07. The van der Waals surface area contributed by atoms with Gasteiger partial charge in [-0.15, -0.1) is 0 Å². The zero-order valence-electron chi connectivity index (χ0n) is 12.4. The standard InChI is InChI=1S/C17H20ClNO/c1-11-8-12(2)13(3)16(9-11)20-17-14(10-19-4)6-5-7-15(17)18/h5-9,19H,10H2,1-4H3. The van der Waals surface area contributed by atoms with Gasteiger partial charge in [-0.2, -0.15) is 0 Å². The van der Waals surface area contributed by atoms with E-state index in [1.54, 1.807) is 0 Å². The van der Waals surface area contributed by atoms with E-state index in [1.807, 2.05) is 25.2 Å². The van der Waals surface area contributed by atoms with Gasteiger partial charge in [-0.1, -0.05) is 29.8 Å². The lowest BCUT2D eigenvalue weighted by Crippen LogP contribution is -2.06. The topological polar surface area (TPSA) is 21.3 Å². The van der Waals surface area contributed by atoms with Gasteiger partial charge in [0.25, 0.3) is 0 Å².